The predicted octanol–water partition coefficient (Wildman–Crippen LogP) is 5.16. The van der Waals surface area contributed by atoms with Crippen molar-refractivity contribution in [2.75, 3.05) is 12.4 Å². The fourth-order valence-electron chi connectivity index (χ4n) is 2.28. The number of anilines is 1. The number of aryl methyl sites for hydroxylation is 1. The number of rotatable bonds is 4. The number of nitriles is 1. The van der Waals surface area contributed by atoms with E-state index in [1.54, 1.807) is 12.1 Å². The molecule has 0 saturated heterocycles. The molecule has 0 aliphatic rings. The van der Waals surface area contributed by atoms with E-state index < -0.39 is 5.91 Å². The van der Waals surface area contributed by atoms with Crippen LogP contribution in [0.25, 0.3) is 6.08 Å². The third-order valence-corrected chi connectivity index (χ3v) is 4.26. The van der Waals surface area contributed by atoms with Gasteiger partial charge < -0.3 is 10.1 Å². The average Bonchev–Trinajstić information content (AvgIpc) is 2.56. The molecule has 0 atom stereocenters. The van der Waals surface area contributed by atoms with Gasteiger partial charge in [0.15, 0.2) is 0 Å². The van der Waals surface area contributed by atoms with Gasteiger partial charge in [-0.05, 0) is 49.2 Å². The van der Waals surface area contributed by atoms with Gasteiger partial charge in [-0.3, -0.25) is 4.79 Å². The summed E-state index contributed by atoms with van der Waals surface area (Å²) in [5.74, 6) is -0.173. The molecule has 1 amide bonds. The van der Waals surface area contributed by atoms with Crippen LogP contribution in [0.3, 0.4) is 0 Å². The second-order valence-electron chi connectivity index (χ2n) is 5.38. The van der Waals surface area contributed by atoms with Crippen molar-refractivity contribution in [1.29, 1.82) is 5.26 Å². The topological polar surface area (TPSA) is 62.1 Å². The lowest BCUT2D eigenvalue weighted by Gasteiger charge is -2.11. The van der Waals surface area contributed by atoms with Crippen LogP contribution in [0.15, 0.2) is 35.9 Å². The Balaban J connectivity index is 2.40. The first-order chi connectivity index (χ1) is 11.9. The first-order valence-corrected chi connectivity index (χ1v) is 8.15. The smallest absolute Gasteiger partial charge is 0.266 e. The number of amides is 1. The molecule has 2 aromatic carbocycles. The molecule has 128 valence electrons. The van der Waals surface area contributed by atoms with E-state index in [1.165, 1.54) is 19.3 Å². The van der Waals surface area contributed by atoms with Crippen molar-refractivity contribution in [3.8, 4) is 11.8 Å². The highest BCUT2D eigenvalue weighted by atomic mass is 35.5. The number of methoxy groups -OCH3 is 1. The van der Waals surface area contributed by atoms with E-state index in [9.17, 15) is 10.1 Å². The van der Waals surface area contributed by atoms with Crippen LogP contribution >= 0.6 is 23.2 Å². The highest BCUT2D eigenvalue weighted by Crippen LogP contribution is 2.33. The van der Waals surface area contributed by atoms with Crippen molar-refractivity contribution in [2.45, 2.75) is 13.8 Å². The van der Waals surface area contributed by atoms with Gasteiger partial charge in [-0.1, -0.05) is 35.3 Å². The second-order valence-corrected chi connectivity index (χ2v) is 6.23. The number of hydrogen-bond donors (Lipinski definition) is 1. The highest BCUT2D eigenvalue weighted by molar-refractivity contribution is 6.36. The lowest BCUT2D eigenvalue weighted by Crippen LogP contribution is -2.14. The molecule has 0 heterocycles. The van der Waals surface area contributed by atoms with E-state index in [0.717, 1.165) is 11.1 Å². The summed E-state index contributed by atoms with van der Waals surface area (Å²) in [6.07, 6.45) is 1.40. The zero-order chi connectivity index (χ0) is 18.6. The number of nitrogens with one attached hydrogen (secondary N) is 1. The molecule has 0 fully saturated rings. The lowest BCUT2D eigenvalue weighted by molar-refractivity contribution is -0.112. The van der Waals surface area contributed by atoms with Crippen LogP contribution in [0.4, 0.5) is 5.69 Å². The van der Waals surface area contributed by atoms with Crippen LogP contribution in [0, 0.1) is 25.2 Å². The minimum atomic E-state index is -0.519. The zero-order valence-electron chi connectivity index (χ0n) is 14.0. The van der Waals surface area contributed by atoms with Gasteiger partial charge in [0.25, 0.3) is 5.91 Å². The third-order valence-electron chi connectivity index (χ3n) is 3.76. The van der Waals surface area contributed by atoms with Crippen molar-refractivity contribution in [1.82, 2.24) is 0 Å². The van der Waals surface area contributed by atoms with E-state index in [2.05, 4.69) is 5.32 Å². The van der Waals surface area contributed by atoms with Crippen molar-refractivity contribution >= 4 is 40.9 Å². The van der Waals surface area contributed by atoms with Gasteiger partial charge in [-0.2, -0.15) is 5.26 Å². The van der Waals surface area contributed by atoms with E-state index in [1.807, 2.05) is 32.0 Å². The van der Waals surface area contributed by atoms with Gasteiger partial charge in [-0.25, -0.2) is 0 Å². The van der Waals surface area contributed by atoms with Crippen LogP contribution in [-0.4, -0.2) is 13.0 Å². The fourth-order valence-corrected chi connectivity index (χ4v) is 2.87. The predicted molar refractivity (Wildman–Crippen MR) is 101 cm³/mol. The minimum absolute atomic E-state index is 0.0856. The molecule has 6 heteroatoms. The molecule has 0 saturated carbocycles. The Kier molecular flexibility index (Phi) is 6.08. The summed E-state index contributed by atoms with van der Waals surface area (Å²) < 4.78 is 5.23. The molecule has 0 unspecified atom stereocenters. The van der Waals surface area contributed by atoms with Gasteiger partial charge in [0.1, 0.15) is 17.4 Å². The maximum atomic E-state index is 12.5. The molecule has 0 aromatic heterocycles. The monoisotopic (exact) mass is 374 g/mol. The van der Waals surface area contributed by atoms with Crippen LogP contribution in [0.5, 0.6) is 5.75 Å². The van der Waals surface area contributed by atoms with Gasteiger partial charge in [0.05, 0.1) is 12.1 Å². The standard InChI is InChI=1S/C19H16Cl2N2O2/c1-11-5-4-6-17(12(11)2)23-19(24)14(10-22)7-13-8-15(20)9-16(21)18(13)25-3/h4-9H,1-3H3,(H,23,24)/b14-7+. The van der Waals surface area contributed by atoms with Gasteiger partial charge in [-0.15, -0.1) is 0 Å². The van der Waals surface area contributed by atoms with E-state index in [-0.39, 0.29) is 5.57 Å². The van der Waals surface area contributed by atoms with Crippen molar-refractivity contribution < 1.29 is 9.53 Å². The van der Waals surface area contributed by atoms with Crippen LogP contribution in [-0.2, 0) is 4.79 Å². The quantitative estimate of drug-likeness (QED) is 0.593. The number of carbonyl (C=O) groups is 1. The van der Waals surface area contributed by atoms with Gasteiger partial charge in [0, 0.05) is 16.3 Å². The molecule has 1 N–H and O–H groups in total. The Morgan fingerprint density at radius 3 is 2.64 bits per heavy atom. The van der Waals surface area contributed by atoms with E-state index in [0.29, 0.717) is 27.0 Å². The lowest BCUT2D eigenvalue weighted by atomic mass is 10.1. The Hall–Kier alpha value is -2.48. The summed E-state index contributed by atoms with van der Waals surface area (Å²) in [7, 11) is 1.45. The number of carbonyl (C=O) groups excluding carboxylic acids is 1. The summed E-state index contributed by atoms with van der Waals surface area (Å²) in [6, 6.07) is 10.6. The molecule has 2 rings (SSSR count). The molecule has 25 heavy (non-hydrogen) atoms. The minimum Gasteiger partial charge on any atom is -0.495 e. The van der Waals surface area contributed by atoms with Gasteiger partial charge in [0.2, 0.25) is 0 Å². The average molecular weight is 375 g/mol. The number of ether oxygens (including phenoxy) is 1. The Labute approximate surface area is 156 Å². The third kappa shape index (κ3) is 4.33. The van der Waals surface area contributed by atoms with Crippen molar-refractivity contribution in [3.63, 3.8) is 0 Å². The molecule has 0 spiro atoms. The number of hydrogen-bond acceptors (Lipinski definition) is 3. The Bertz CT molecular complexity index is 899. The maximum absolute atomic E-state index is 12.5. The van der Waals surface area contributed by atoms with Crippen LogP contribution < -0.4 is 10.1 Å². The summed E-state index contributed by atoms with van der Waals surface area (Å²) in [4.78, 5) is 12.5. The first kappa shape index (κ1) is 18.9. The number of halogens is 2. The summed E-state index contributed by atoms with van der Waals surface area (Å²) in [5, 5.41) is 12.8. The van der Waals surface area contributed by atoms with E-state index in [4.69, 9.17) is 27.9 Å². The zero-order valence-corrected chi connectivity index (χ0v) is 15.5. The molecule has 0 bridgehead atoms. The number of nitrogens with zero attached hydrogens (tertiary/aromatic N) is 1. The normalized spacial score (nSPS) is 11.0. The van der Waals surface area contributed by atoms with Crippen LogP contribution in [0.2, 0.25) is 10.0 Å². The molecule has 2 aromatic rings. The van der Waals surface area contributed by atoms with Crippen molar-refractivity contribution in [3.05, 3.63) is 62.6 Å². The SMILES string of the molecule is COc1c(Cl)cc(Cl)cc1/C=C(\C#N)C(=O)Nc1cccc(C)c1C. The maximum Gasteiger partial charge on any atom is 0.266 e. The molecule has 0 radical (unpaired) electrons. The van der Waals surface area contributed by atoms with E-state index >= 15 is 0 Å². The molecule has 4 nitrogen and oxygen atoms in total. The second kappa shape index (κ2) is 8.06. The highest BCUT2D eigenvalue weighted by Gasteiger charge is 2.14. The summed E-state index contributed by atoms with van der Waals surface area (Å²) >= 11 is 12.1. The van der Waals surface area contributed by atoms with Crippen molar-refractivity contribution in [2.24, 2.45) is 0 Å². The summed E-state index contributed by atoms with van der Waals surface area (Å²) in [5.41, 5.74) is 3.01. The molecular formula is C19H16Cl2N2O2. The molecule has 0 aliphatic heterocycles. The molecule has 0 aliphatic carbocycles. The van der Waals surface area contributed by atoms with Gasteiger partial charge >= 0.3 is 0 Å². The molecular weight excluding hydrogens is 359 g/mol. The Morgan fingerprint density at radius 2 is 2.00 bits per heavy atom. The van der Waals surface area contributed by atoms with Crippen LogP contribution in [0.1, 0.15) is 16.7 Å². The fraction of sp³-hybridized carbons (Fsp3) is 0.158. The first-order valence-electron chi connectivity index (χ1n) is 7.39. The Morgan fingerprint density at radius 1 is 1.28 bits per heavy atom. The largest absolute Gasteiger partial charge is 0.495 e. The summed E-state index contributed by atoms with van der Waals surface area (Å²) in [6.45, 7) is 3.85. The number of benzene rings is 2.